The van der Waals surface area contributed by atoms with Crippen LogP contribution in [0.1, 0.15) is 0 Å². The van der Waals surface area contributed by atoms with Crippen molar-refractivity contribution in [1.29, 1.82) is 0 Å². The van der Waals surface area contributed by atoms with Crippen molar-refractivity contribution < 1.29 is 9.84 Å². The number of H-pyrrole nitrogens is 1. The van der Waals surface area contributed by atoms with Crippen LogP contribution in [0.15, 0.2) is 48.5 Å². The second kappa shape index (κ2) is 4.98. The number of fused-ring (bicyclic) bond motifs is 1. The summed E-state index contributed by atoms with van der Waals surface area (Å²) in [6.45, 7) is 0. The molecule has 0 aliphatic rings. The second-order valence-electron chi connectivity index (χ2n) is 4.45. The van der Waals surface area contributed by atoms with Crippen molar-refractivity contribution in [1.82, 2.24) is 4.98 Å². The Balaban J connectivity index is 2.25. The van der Waals surface area contributed by atoms with E-state index in [9.17, 15) is 5.11 Å². The van der Waals surface area contributed by atoms with Crippen LogP contribution in [-0.4, -0.2) is 17.2 Å². The lowest BCUT2D eigenvalue weighted by Gasteiger charge is -2.09. The monoisotopic (exact) mass is 283 g/mol. The van der Waals surface area contributed by atoms with Gasteiger partial charge in [-0.3, -0.25) is 0 Å². The fourth-order valence-corrected chi connectivity index (χ4v) is 2.47. The van der Waals surface area contributed by atoms with Gasteiger partial charge < -0.3 is 14.8 Å². The van der Waals surface area contributed by atoms with Crippen molar-refractivity contribution in [3.8, 4) is 22.8 Å². The normalized spacial score (nSPS) is 10.7. The lowest BCUT2D eigenvalue weighted by atomic mass is 10.1. The van der Waals surface area contributed by atoms with E-state index in [1.165, 1.54) is 0 Å². The lowest BCUT2D eigenvalue weighted by Crippen LogP contribution is -1.89. The first kappa shape index (κ1) is 12.7. The van der Waals surface area contributed by atoms with E-state index in [1.54, 1.807) is 7.11 Å². The molecule has 100 valence electrons. The van der Waals surface area contributed by atoms with E-state index >= 15 is 0 Å². The smallest absolute Gasteiger partial charge is 0.158 e. The molecule has 0 fully saturated rings. The number of aromatic amines is 1. The van der Waals surface area contributed by atoms with Crippen LogP contribution >= 0.6 is 12.2 Å². The number of methoxy groups -OCH3 is 1. The third-order valence-electron chi connectivity index (χ3n) is 3.26. The molecule has 4 heteroatoms. The third-order valence-corrected chi connectivity index (χ3v) is 3.68. The maximum Gasteiger partial charge on any atom is 0.158 e. The van der Waals surface area contributed by atoms with Crippen LogP contribution < -0.4 is 4.74 Å². The maximum absolute atomic E-state index is 10.3. The molecule has 0 aliphatic heterocycles. The van der Waals surface area contributed by atoms with Crippen LogP contribution in [0.4, 0.5) is 0 Å². The van der Waals surface area contributed by atoms with E-state index < -0.39 is 0 Å². The first-order valence-corrected chi connectivity index (χ1v) is 6.60. The number of nitrogens with one attached hydrogen (secondary N) is 1. The standard InChI is InChI=1S/C16H13NO2S/c1-19-11-8-6-10(7-9-11)14-15(18)16(20)12-4-2-3-5-13(12)17-14/h2-9,18H,1H3,(H,17,20). The summed E-state index contributed by atoms with van der Waals surface area (Å²) in [5.41, 5.74) is 2.39. The Bertz CT molecular complexity index is 822. The first-order valence-electron chi connectivity index (χ1n) is 6.19. The minimum absolute atomic E-state index is 0.101. The molecular weight excluding hydrogens is 270 g/mol. The van der Waals surface area contributed by atoms with Crippen molar-refractivity contribution >= 4 is 23.1 Å². The van der Waals surface area contributed by atoms with Crippen LogP contribution in [-0.2, 0) is 0 Å². The highest BCUT2D eigenvalue weighted by atomic mass is 32.1. The predicted octanol–water partition coefficient (Wildman–Crippen LogP) is 4.28. The van der Waals surface area contributed by atoms with E-state index in [0.29, 0.717) is 10.2 Å². The van der Waals surface area contributed by atoms with Gasteiger partial charge in [0.1, 0.15) is 5.75 Å². The van der Waals surface area contributed by atoms with E-state index in [-0.39, 0.29) is 5.75 Å². The van der Waals surface area contributed by atoms with E-state index in [4.69, 9.17) is 17.0 Å². The number of aromatic nitrogens is 1. The van der Waals surface area contributed by atoms with Crippen molar-refractivity contribution in [3.63, 3.8) is 0 Å². The van der Waals surface area contributed by atoms with Crippen molar-refractivity contribution in [2.24, 2.45) is 0 Å². The van der Waals surface area contributed by atoms with Gasteiger partial charge >= 0.3 is 0 Å². The molecule has 1 heterocycles. The Kier molecular flexibility index (Phi) is 3.16. The Labute approximate surface area is 121 Å². The number of para-hydroxylation sites is 1. The minimum Gasteiger partial charge on any atom is -0.504 e. The summed E-state index contributed by atoms with van der Waals surface area (Å²) in [7, 11) is 1.62. The van der Waals surface area contributed by atoms with E-state index in [0.717, 1.165) is 22.2 Å². The zero-order valence-corrected chi connectivity index (χ0v) is 11.7. The number of rotatable bonds is 2. The molecule has 20 heavy (non-hydrogen) atoms. The highest BCUT2D eigenvalue weighted by Crippen LogP contribution is 2.32. The fraction of sp³-hybridized carbons (Fsp3) is 0.0625. The Morgan fingerprint density at radius 3 is 2.45 bits per heavy atom. The summed E-state index contributed by atoms with van der Waals surface area (Å²) in [6, 6.07) is 15.1. The maximum atomic E-state index is 10.3. The Morgan fingerprint density at radius 2 is 1.75 bits per heavy atom. The van der Waals surface area contributed by atoms with Crippen molar-refractivity contribution in [2.75, 3.05) is 7.11 Å². The van der Waals surface area contributed by atoms with Gasteiger partial charge in [0.25, 0.3) is 0 Å². The SMILES string of the molecule is COc1ccc(-c2[nH]c3ccccc3c(=S)c2O)cc1. The molecule has 0 radical (unpaired) electrons. The van der Waals surface area contributed by atoms with Gasteiger partial charge in [-0.2, -0.15) is 0 Å². The number of aromatic hydroxyl groups is 1. The van der Waals surface area contributed by atoms with Gasteiger partial charge in [0.05, 0.1) is 17.3 Å². The fourth-order valence-electron chi connectivity index (χ4n) is 2.19. The predicted molar refractivity (Wildman–Crippen MR) is 82.8 cm³/mol. The first-order chi connectivity index (χ1) is 9.70. The zero-order chi connectivity index (χ0) is 14.1. The average Bonchev–Trinajstić information content (AvgIpc) is 2.51. The molecule has 0 spiro atoms. The molecule has 1 aromatic heterocycles. The van der Waals surface area contributed by atoms with Gasteiger partial charge in [-0.25, -0.2) is 0 Å². The van der Waals surface area contributed by atoms with Crippen LogP contribution in [0.2, 0.25) is 0 Å². The van der Waals surface area contributed by atoms with Crippen LogP contribution in [0.3, 0.4) is 0 Å². The molecule has 0 bridgehead atoms. The molecule has 0 saturated heterocycles. The summed E-state index contributed by atoms with van der Waals surface area (Å²) >= 11 is 5.34. The van der Waals surface area contributed by atoms with Crippen molar-refractivity contribution in [2.45, 2.75) is 0 Å². The molecule has 2 N–H and O–H groups in total. The van der Waals surface area contributed by atoms with E-state index in [2.05, 4.69) is 4.98 Å². The van der Waals surface area contributed by atoms with Crippen LogP contribution in [0.5, 0.6) is 11.5 Å². The third kappa shape index (κ3) is 2.04. The molecule has 0 atom stereocenters. The van der Waals surface area contributed by atoms with Crippen molar-refractivity contribution in [3.05, 3.63) is 53.0 Å². The molecule has 3 nitrogen and oxygen atoms in total. The number of hydrogen-bond donors (Lipinski definition) is 2. The summed E-state index contributed by atoms with van der Waals surface area (Å²) < 4.78 is 5.60. The molecule has 3 aromatic rings. The quantitative estimate of drug-likeness (QED) is 0.690. The van der Waals surface area contributed by atoms with Gasteiger partial charge in [-0.05, 0) is 30.3 Å². The van der Waals surface area contributed by atoms with E-state index in [1.807, 2.05) is 48.5 Å². The van der Waals surface area contributed by atoms with Crippen LogP contribution in [0, 0.1) is 4.51 Å². The molecular formula is C16H13NO2S. The summed E-state index contributed by atoms with van der Waals surface area (Å²) in [6.07, 6.45) is 0. The summed E-state index contributed by atoms with van der Waals surface area (Å²) in [4.78, 5) is 3.23. The van der Waals surface area contributed by atoms with Gasteiger partial charge in [0.2, 0.25) is 0 Å². The number of hydrogen-bond acceptors (Lipinski definition) is 3. The molecule has 3 rings (SSSR count). The zero-order valence-electron chi connectivity index (χ0n) is 10.9. The number of pyridine rings is 1. The van der Waals surface area contributed by atoms with Crippen LogP contribution in [0.25, 0.3) is 22.2 Å². The lowest BCUT2D eigenvalue weighted by molar-refractivity contribution is 0.415. The largest absolute Gasteiger partial charge is 0.504 e. The summed E-state index contributed by atoms with van der Waals surface area (Å²) in [5.74, 6) is 0.872. The number of ether oxygens (including phenoxy) is 1. The topological polar surface area (TPSA) is 45.2 Å². The molecule has 0 aliphatic carbocycles. The molecule has 2 aromatic carbocycles. The molecule has 0 amide bonds. The van der Waals surface area contributed by atoms with Gasteiger partial charge in [0, 0.05) is 16.5 Å². The number of benzene rings is 2. The Morgan fingerprint density at radius 1 is 1.05 bits per heavy atom. The second-order valence-corrected chi connectivity index (χ2v) is 4.86. The molecule has 0 unspecified atom stereocenters. The van der Waals surface area contributed by atoms with Gasteiger partial charge in [0.15, 0.2) is 5.75 Å². The summed E-state index contributed by atoms with van der Waals surface area (Å²) in [5, 5.41) is 11.2. The van der Waals surface area contributed by atoms with Gasteiger partial charge in [-0.15, -0.1) is 0 Å². The molecule has 0 saturated carbocycles. The average molecular weight is 283 g/mol. The highest BCUT2D eigenvalue weighted by Gasteiger charge is 2.10. The van der Waals surface area contributed by atoms with Gasteiger partial charge in [-0.1, -0.05) is 30.4 Å². The highest BCUT2D eigenvalue weighted by molar-refractivity contribution is 7.71. The Hall–Kier alpha value is -2.33. The minimum atomic E-state index is 0.101.